The Morgan fingerprint density at radius 1 is 1.20 bits per heavy atom. The normalized spacial score (nSPS) is 22.3. The fraction of sp³-hybridized carbons (Fsp3) is 0.435. The van der Waals surface area contributed by atoms with Gasteiger partial charge in [0.05, 0.1) is 26.4 Å². The maximum absolute atomic E-state index is 13.3. The number of benzene rings is 2. The molecule has 2 aromatic carbocycles. The van der Waals surface area contributed by atoms with Gasteiger partial charge >= 0.3 is 0 Å². The van der Waals surface area contributed by atoms with Crippen LogP contribution in [0, 0.1) is 5.82 Å². The van der Waals surface area contributed by atoms with E-state index >= 15 is 0 Å². The molecule has 2 aliphatic heterocycles. The van der Waals surface area contributed by atoms with E-state index in [1.54, 1.807) is 18.9 Å². The van der Waals surface area contributed by atoms with Crippen LogP contribution in [0.15, 0.2) is 53.4 Å². The molecule has 0 bridgehead atoms. The largest absolute Gasteiger partial charge is 0.497 e. The highest BCUT2D eigenvalue weighted by molar-refractivity contribution is 8.00. The number of nitrogens with zero attached hydrogens (tertiary/aromatic N) is 2. The molecule has 2 aromatic rings. The molecule has 4 rings (SSSR count). The Kier molecular flexibility index (Phi) is 6.92. The molecule has 0 N–H and O–H groups in total. The van der Waals surface area contributed by atoms with E-state index in [-0.39, 0.29) is 23.0 Å². The molecule has 0 spiro atoms. The average molecular weight is 431 g/mol. The monoisotopic (exact) mass is 430 g/mol. The second-order valence-electron chi connectivity index (χ2n) is 7.66. The number of rotatable bonds is 6. The minimum Gasteiger partial charge on any atom is -0.497 e. The van der Waals surface area contributed by atoms with Crippen LogP contribution in [0.3, 0.4) is 0 Å². The van der Waals surface area contributed by atoms with Crippen molar-refractivity contribution in [1.82, 2.24) is 9.80 Å². The molecule has 30 heavy (non-hydrogen) atoms. The topological polar surface area (TPSA) is 42.0 Å². The Labute approximate surface area is 181 Å². The first kappa shape index (κ1) is 21.2. The summed E-state index contributed by atoms with van der Waals surface area (Å²) in [7, 11) is 1.66. The zero-order valence-corrected chi connectivity index (χ0v) is 17.9. The van der Waals surface area contributed by atoms with Gasteiger partial charge in [-0.05, 0) is 48.4 Å². The molecule has 2 fully saturated rings. The summed E-state index contributed by atoms with van der Waals surface area (Å²) in [5, 5.41) is 0.274. The van der Waals surface area contributed by atoms with Crippen molar-refractivity contribution in [3.63, 3.8) is 0 Å². The second-order valence-corrected chi connectivity index (χ2v) is 9.04. The SMILES string of the molecule is COc1cccc(CN2C[C@H](Sc3ccc(F)cc3)C[C@H]2C(=O)N2CCOCC2)c1. The molecular weight excluding hydrogens is 403 g/mol. The lowest BCUT2D eigenvalue weighted by atomic mass is 10.1. The van der Waals surface area contributed by atoms with Crippen LogP contribution < -0.4 is 4.74 Å². The summed E-state index contributed by atoms with van der Waals surface area (Å²) in [5.74, 6) is 0.772. The Morgan fingerprint density at radius 3 is 2.70 bits per heavy atom. The minimum absolute atomic E-state index is 0.160. The van der Waals surface area contributed by atoms with Crippen molar-refractivity contribution in [3.8, 4) is 5.75 Å². The lowest BCUT2D eigenvalue weighted by molar-refractivity contribution is -0.140. The molecule has 5 nitrogen and oxygen atoms in total. The number of amides is 1. The first-order chi connectivity index (χ1) is 14.6. The first-order valence-electron chi connectivity index (χ1n) is 10.3. The van der Waals surface area contributed by atoms with Crippen molar-refractivity contribution in [2.75, 3.05) is 40.0 Å². The lowest BCUT2D eigenvalue weighted by Gasteiger charge is -2.32. The average Bonchev–Trinajstić information content (AvgIpc) is 3.17. The van der Waals surface area contributed by atoms with Gasteiger partial charge in [-0.3, -0.25) is 9.69 Å². The number of morpholine rings is 1. The number of hydrogen-bond acceptors (Lipinski definition) is 5. The molecule has 0 aromatic heterocycles. The van der Waals surface area contributed by atoms with Gasteiger partial charge in [0.1, 0.15) is 11.6 Å². The van der Waals surface area contributed by atoms with Gasteiger partial charge in [-0.25, -0.2) is 4.39 Å². The molecule has 160 valence electrons. The Balaban J connectivity index is 1.50. The van der Waals surface area contributed by atoms with E-state index in [0.29, 0.717) is 32.8 Å². The van der Waals surface area contributed by atoms with Crippen LogP contribution in [0.2, 0.25) is 0 Å². The van der Waals surface area contributed by atoms with Crippen molar-refractivity contribution >= 4 is 17.7 Å². The predicted molar refractivity (Wildman–Crippen MR) is 115 cm³/mol. The van der Waals surface area contributed by atoms with Crippen molar-refractivity contribution in [3.05, 3.63) is 59.9 Å². The predicted octanol–water partition coefficient (Wildman–Crippen LogP) is 3.43. The molecule has 7 heteroatoms. The van der Waals surface area contributed by atoms with Crippen LogP contribution in [-0.4, -0.2) is 67.0 Å². The van der Waals surface area contributed by atoms with Crippen molar-refractivity contribution in [1.29, 1.82) is 0 Å². The number of carbonyl (C=O) groups excluding carboxylic acids is 1. The van der Waals surface area contributed by atoms with Gasteiger partial charge in [0.25, 0.3) is 0 Å². The number of thioether (sulfide) groups is 1. The van der Waals surface area contributed by atoms with E-state index in [0.717, 1.165) is 29.2 Å². The molecule has 0 aliphatic carbocycles. The molecule has 0 radical (unpaired) electrons. The molecule has 2 heterocycles. The first-order valence-corrected chi connectivity index (χ1v) is 11.2. The fourth-order valence-electron chi connectivity index (χ4n) is 4.08. The van der Waals surface area contributed by atoms with E-state index in [2.05, 4.69) is 11.0 Å². The molecule has 2 aliphatic rings. The van der Waals surface area contributed by atoms with Gasteiger partial charge in [-0.1, -0.05) is 12.1 Å². The van der Waals surface area contributed by atoms with E-state index in [9.17, 15) is 9.18 Å². The molecule has 0 saturated carbocycles. The highest BCUT2D eigenvalue weighted by atomic mass is 32.2. The number of hydrogen-bond donors (Lipinski definition) is 0. The number of halogens is 1. The van der Waals surface area contributed by atoms with Crippen molar-refractivity contribution in [2.45, 2.75) is 29.2 Å². The highest BCUT2D eigenvalue weighted by Gasteiger charge is 2.39. The summed E-state index contributed by atoms with van der Waals surface area (Å²) >= 11 is 1.72. The lowest BCUT2D eigenvalue weighted by Crippen LogP contribution is -2.49. The van der Waals surface area contributed by atoms with Crippen LogP contribution in [-0.2, 0) is 16.1 Å². The van der Waals surface area contributed by atoms with Crippen LogP contribution in [0.25, 0.3) is 0 Å². The van der Waals surface area contributed by atoms with Crippen molar-refractivity contribution < 1.29 is 18.7 Å². The third kappa shape index (κ3) is 5.14. The fourth-order valence-corrected chi connectivity index (χ4v) is 5.31. The molecular formula is C23H27FN2O3S. The van der Waals surface area contributed by atoms with E-state index in [1.165, 1.54) is 12.1 Å². The summed E-state index contributed by atoms with van der Waals surface area (Å²) in [4.78, 5) is 18.5. The van der Waals surface area contributed by atoms with Crippen molar-refractivity contribution in [2.24, 2.45) is 0 Å². The van der Waals surface area contributed by atoms with Crippen LogP contribution >= 0.6 is 11.8 Å². The van der Waals surface area contributed by atoms with Gasteiger partial charge in [0.15, 0.2) is 0 Å². The third-order valence-electron chi connectivity index (χ3n) is 5.61. The van der Waals surface area contributed by atoms with Gasteiger partial charge < -0.3 is 14.4 Å². The summed E-state index contributed by atoms with van der Waals surface area (Å²) in [6.07, 6.45) is 0.780. The summed E-state index contributed by atoms with van der Waals surface area (Å²) in [6, 6.07) is 14.4. The molecule has 2 saturated heterocycles. The molecule has 0 unspecified atom stereocenters. The highest BCUT2D eigenvalue weighted by Crippen LogP contribution is 2.35. The number of ether oxygens (including phenoxy) is 2. The van der Waals surface area contributed by atoms with Crippen LogP contribution in [0.5, 0.6) is 5.75 Å². The number of carbonyl (C=O) groups is 1. The zero-order valence-electron chi connectivity index (χ0n) is 17.1. The maximum atomic E-state index is 13.3. The molecule has 1 amide bonds. The smallest absolute Gasteiger partial charge is 0.240 e. The van der Waals surface area contributed by atoms with E-state index in [4.69, 9.17) is 9.47 Å². The quantitative estimate of drug-likeness (QED) is 0.703. The molecule has 2 atom stereocenters. The Bertz CT molecular complexity index is 858. The van der Waals surface area contributed by atoms with Crippen LogP contribution in [0.4, 0.5) is 4.39 Å². The second kappa shape index (κ2) is 9.81. The number of likely N-dealkylation sites (tertiary alicyclic amines) is 1. The van der Waals surface area contributed by atoms with Gasteiger partial charge in [-0.15, -0.1) is 11.8 Å². The Hall–Kier alpha value is -2.09. The Morgan fingerprint density at radius 2 is 1.97 bits per heavy atom. The van der Waals surface area contributed by atoms with Gasteiger partial charge in [0, 0.05) is 36.3 Å². The van der Waals surface area contributed by atoms with Crippen LogP contribution in [0.1, 0.15) is 12.0 Å². The summed E-state index contributed by atoms with van der Waals surface area (Å²) < 4.78 is 24.0. The third-order valence-corrected chi connectivity index (χ3v) is 6.83. The van der Waals surface area contributed by atoms with E-state index in [1.807, 2.05) is 35.2 Å². The summed E-state index contributed by atoms with van der Waals surface area (Å²) in [6.45, 7) is 4.00. The minimum atomic E-state index is -0.231. The summed E-state index contributed by atoms with van der Waals surface area (Å²) in [5.41, 5.74) is 1.13. The maximum Gasteiger partial charge on any atom is 0.240 e. The standard InChI is InChI=1S/C23H27FN2O3S/c1-28-19-4-2-3-17(13-19)15-26-16-21(30-20-7-5-18(24)6-8-20)14-22(26)23(27)25-9-11-29-12-10-25/h2-8,13,21-22H,9-12,14-16H2,1H3/t21-,22+/m1/s1. The van der Waals surface area contributed by atoms with Gasteiger partial charge in [-0.2, -0.15) is 0 Å². The van der Waals surface area contributed by atoms with Gasteiger partial charge in [0.2, 0.25) is 5.91 Å². The zero-order chi connectivity index (χ0) is 20.9. The van der Waals surface area contributed by atoms with E-state index < -0.39 is 0 Å². The number of methoxy groups -OCH3 is 1.